The molecule has 0 saturated heterocycles. The molecular formula is C24H28N4O. The van der Waals surface area contributed by atoms with Crippen LogP contribution < -0.4 is 20.9 Å². The molecule has 2 heterocycles. The molecule has 5 nitrogen and oxygen atoms in total. The lowest BCUT2D eigenvalue weighted by Gasteiger charge is -2.38. The quantitative estimate of drug-likeness (QED) is 0.702. The molecule has 1 unspecified atom stereocenters. The summed E-state index contributed by atoms with van der Waals surface area (Å²) in [6.45, 7) is 6.80. The molecule has 1 spiro atoms. The van der Waals surface area contributed by atoms with Crippen molar-refractivity contribution in [3.05, 3.63) is 65.2 Å². The summed E-state index contributed by atoms with van der Waals surface area (Å²) in [6.07, 6.45) is 6.08. The van der Waals surface area contributed by atoms with E-state index in [9.17, 15) is 4.79 Å². The number of hydrogen-bond donors (Lipinski definition) is 3. The van der Waals surface area contributed by atoms with E-state index in [0.29, 0.717) is 0 Å². The number of carbonyl (C=O) groups is 1. The van der Waals surface area contributed by atoms with Crippen LogP contribution in [0.1, 0.15) is 40.4 Å². The van der Waals surface area contributed by atoms with E-state index in [2.05, 4.69) is 64.7 Å². The zero-order valence-corrected chi connectivity index (χ0v) is 17.1. The second-order valence-electron chi connectivity index (χ2n) is 8.54. The number of amides is 1. The minimum Gasteiger partial charge on any atom is -0.377 e. The Kier molecular flexibility index (Phi) is 4.09. The van der Waals surface area contributed by atoms with E-state index in [1.54, 1.807) is 7.05 Å². The SMILES string of the molecule is C=CCN1c2cc(C(=O)NC)c3c(c2NC1C)NC1(CC3)Cc2ccccc2C1. The molecule has 29 heavy (non-hydrogen) atoms. The Bertz CT molecular complexity index is 987. The van der Waals surface area contributed by atoms with Gasteiger partial charge < -0.3 is 20.9 Å². The van der Waals surface area contributed by atoms with E-state index >= 15 is 0 Å². The summed E-state index contributed by atoms with van der Waals surface area (Å²) in [5.74, 6) is -0.0189. The normalized spacial score (nSPS) is 20.3. The highest BCUT2D eigenvalue weighted by molar-refractivity contribution is 6.03. The maximum absolute atomic E-state index is 12.7. The van der Waals surface area contributed by atoms with Crippen LogP contribution in [0.4, 0.5) is 17.1 Å². The first-order valence-corrected chi connectivity index (χ1v) is 10.5. The maximum atomic E-state index is 12.7. The van der Waals surface area contributed by atoms with Gasteiger partial charge in [0.25, 0.3) is 5.91 Å². The first kappa shape index (κ1) is 18.1. The predicted octanol–water partition coefficient (Wildman–Crippen LogP) is 3.71. The van der Waals surface area contributed by atoms with E-state index in [1.807, 2.05) is 6.08 Å². The molecule has 3 N–H and O–H groups in total. The van der Waals surface area contributed by atoms with Crippen molar-refractivity contribution >= 4 is 23.0 Å². The van der Waals surface area contributed by atoms with Crippen molar-refractivity contribution in [3.63, 3.8) is 0 Å². The van der Waals surface area contributed by atoms with Gasteiger partial charge in [-0.15, -0.1) is 6.58 Å². The number of anilines is 3. The number of fused-ring (bicyclic) bond motifs is 4. The third-order valence-corrected chi connectivity index (χ3v) is 6.76. The lowest BCUT2D eigenvalue weighted by Crippen LogP contribution is -2.43. The van der Waals surface area contributed by atoms with Crippen molar-refractivity contribution in [2.75, 3.05) is 29.1 Å². The van der Waals surface area contributed by atoms with Crippen LogP contribution in [0.25, 0.3) is 0 Å². The fourth-order valence-corrected chi connectivity index (χ4v) is 5.36. The number of rotatable bonds is 3. The molecule has 1 amide bonds. The van der Waals surface area contributed by atoms with Crippen molar-refractivity contribution < 1.29 is 4.79 Å². The molecule has 0 fully saturated rings. The standard InChI is InChI=1S/C24H28N4O/c1-4-11-28-15(2)26-22-20(28)12-19(23(29)25-3)18-9-10-24(27-21(18)22)13-16-7-5-6-8-17(16)14-24/h4-8,12,15,26-27H,1,9-11,13-14H2,2-3H3,(H,25,29). The Balaban J connectivity index is 1.61. The molecule has 1 aliphatic carbocycles. The van der Waals surface area contributed by atoms with Crippen LogP contribution >= 0.6 is 0 Å². The molecule has 2 aliphatic heterocycles. The molecule has 0 saturated carbocycles. The Morgan fingerprint density at radius 3 is 2.69 bits per heavy atom. The molecule has 150 valence electrons. The first-order chi connectivity index (χ1) is 14.0. The first-order valence-electron chi connectivity index (χ1n) is 10.5. The summed E-state index contributed by atoms with van der Waals surface area (Å²) in [7, 11) is 1.70. The lowest BCUT2D eigenvalue weighted by molar-refractivity contribution is 0.0962. The van der Waals surface area contributed by atoms with Gasteiger partial charge in [-0.05, 0) is 55.4 Å². The largest absolute Gasteiger partial charge is 0.377 e. The zero-order chi connectivity index (χ0) is 20.2. The topological polar surface area (TPSA) is 56.4 Å². The van der Waals surface area contributed by atoms with E-state index in [4.69, 9.17) is 0 Å². The van der Waals surface area contributed by atoms with Gasteiger partial charge in [0.05, 0.1) is 23.2 Å². The summed E-state index contributed by atoms with van der Waals surface area (Å²) in [4.78, 5) is 15.0. The van der Waals surface area contributed by atoms with Gasteiger partial charge in [-0.25, -0.2) is 0 Å². The summed E-state index contributed by atoms with van der Waals surface area (Å²) in [6, 6.07) is 10.8. The highest BCUT2D eigenvalue weighted by Gasteiger charge is 2.43. The molecule has 2 aromatic carbocycles. The van der Waals surface area contributed by atoms with Crippen molar-refractivity contribution in [2.45, 2.75) is 44.3 Å². The van der Waals surface area contributed by atoms with Crippen LogP contribution in [0.5, 0.6) is 0 Å². The number of benzene rings is 2. The molecule has 0 radical (unpaired) electrons. The van der Waals surface area contributed by atoms with Gasteiger partial charge in [0, 0.05) is 24.7 Å². The van der Waals surface area contributed by atoms with Crippen LogP contribution in [0.3, 0.4) is 0 Å². The minimum absolute atomic E-state index is 0.0189. The highest BCUT2D eigenvalue weighted by Crippen LogP contribution is 2.50. The van der Waals surface area contributed by atoms with Crippen LogP contribution in [-0.4, -0.2) is 31.2 Å². The summed E-state index contributed by atoms with van der Waals surface area (Å²) < 4.78 is 0. The molecule has 0 bridgehead atoms. The molecule has 5 heteroatoms. The number of nitrogens with one attached hydrogen (secondary N) is 3. The Morgan fingerprint density at radius 1 is 1.31 bits per heavy atom. The van der Waals surface area contributed by atoms with E-state index in [-0.39, 0.29) is 17.6 Å². The highest BCUT2D eigenvalue weighted by atomic mass is 16.1. The summed E-state index contributed by atoms with van der Waals surface area (Å²) >= 11 is 0. The molecule has 3 aliphatic rings. The van der Waals surface area contributed by atoms with Crippen LogP contribution in [0.15, 0.2) is 43.0 Å². The second kappa shape index (κ2) is 6.55. The molecule has 0 aromatic heterocycles. The van der Waals surface area contributed by atoms with Gasteiger partial charge >= 0.3 is 0 Å². The third kappa shape index (κ3) is 2.71. The van der Waals surface area contributed by atoms with Crippen molar-refractivity contribution in [1.29, 1.82) is 0 Å². The number of nitrogens with zero attached hydrogens (tertiary/aromatic N) is 1. The molecule has 2 aromatic rings. The molecular weight excluding hydrogens is 360 g/mol. The second-order valence-corrected chi connectivity index (χ2v) is 8.54. The van der Waals surface area contributed by atoms with Gasteiger partial charge in [-0.1, -0.05) is 30.3 Å². The summed E-state index contributed by atoms with van der Waals surface area (Å²) in [5.41, 5.74) is 8.14. The van der Waals surface area contributed by atoms with Gasteiger partial charge in [0.15, 0.2) is 0 Å². The fourth-order valence-electron chi connectivity index (χ4n) is 5.36. The number of hydrogen-bond acceptors (Lipinski definition) is 4. The van der Waals surface area contributed by atoms with Gasteiger partial charge in [0.1, 0.15) is 0 Å². The zero-order valence-electron chi connectivity index (χ0n) is 17.1. The van der Waals surface area contributed by atoms with Gasteiger partial charge in [0.2, 0.25) is 0 Å². The monoisotopic (exact) mass is 388 g/mol. The van der Waals surface area contributed by atoms with Crippen LogP contribution in [0.2, 0.25) is 0 Å². The van der Waals surface area contributed by atoms with Gasteiger partial charge in [-0.2, -0.15) is 0 Å². The molecule has 1 atom stereocenters. The van der Waals surface area contributed by atoms with Crippen molar-refractivity contribution in [2.24, 2.45) is 0 Å². The van der Waals surface area contributed by atoms with E-state index < -0.39 is 0 Å². The minimum atomic E-state index is -0.0189. The summed E-state index contributed by atoms with van der Waals surface area (Å²) in [5, 5.41) is 10.4. The van der Waals surface area contributed by atoms with E-state index in [1.165, 1.54) is 11.1 Å². The van der Waals surface area contributed by atoms with Gasteiger partial charge in [-0.3, -0.25) is 4.79 Å². The van der Waals surface area contributed by atoms with E-state index in [0.717, 1.165) is 60.4 Å². The Labute approximate surface area is 172 Å². The predicted molar refractivity (Wildman–Crippen MR) is 119 cm³/mol. The fraction of sp³-hybridized carbons (Fsp3) is 0.375. The average Bonchev–Trinajstić information content (AvgIpc) is 3.24. The van der Waals surface area contributed by atoms with Crippen molar-refractivity contribution in [1.82, 2.24) is 5.32 Å². The van der Waals surface area contributed by atoms with Crippen LogP contribution in [-0.2, 0) is 19.3 Å². The molecule has 5 rings (SSSR count). The maximum Gasteiger partial charge on any atom is 0.251 e. The number of carbonyl (C=O) groups excluding carboxylic acids is 1. The Hall–Kier alpha value is -2.95. The van der Waals surface area contributed by atoms with Crippen LogP contribution in [0, 0.1) is 0 Å². The third-order valence-electron chi connectivity index (χ3n) is 6.76. The van der Waals surface area contributed by atoms with Crippen molar-refractivity contribution in [3.8, 4) is 0 Å². The Morgan fingerprint density at radius 2 is 2.03 bits per heavy atom. The average molecular weight is 389 g/mol. The smallest absolute Gasteiger partial charge is 0.251 e. The lowest BCUT2D eigenvalue weighted by atomic mass is 9.81.